The lowest BCUT2D eigenvalue weighted by Gasteiger charge is -2.09. The van der Waals surface area contributed by atoms with Gasteiger partial charge < -0.3 is 9.97 Å². The first-order chi connectivity index (χ1) is 24.8. The summed E-state index contributed by atoms with van der Waals surface area (Å²) in [6, 6.07) is 65.8. The molecule has 2 aromatic heterocycles. The molecule has 0 atom stereocenters. The van der Waals surface area contributed by atoms with Crippen molar-refractivity contribution in [2.45, 2.75) is 0 Å². The Hall–Kier alpha value is -6.64. The van der Waals surface area contributed by atoms with Gasteiger partial charge in [0.15, 0.2) is 0 Å². The van der Waals surface area contributed by atoms with Gasteiger partial charge in [0.05, 0.1) is 11.0 Å². The summed E-state index contributed by atoms with van der Waals surface area (Å²) in [5.74, 6) is 0. The molecule has 234 valence electrons. The maximum absolute atomic E-state index is 3.79. The average Bonchev–Trinajstić information content (AvgIpc) is 3.76. The van der Waals surface area contributed by atoms with Crippen LogP contribution in [0, 0.1) is 0 Å². The third-order valence-electron chi connectivity index (χ3n) is 10.1. The molecule has 2 N–H and O–H groups in total. The van der Waals surface area contributed by atoms with Crippen LogP contribution < -0.4 is 0 Å². The largest absolute Gasteiger partial charge is 0.354 e. The molecule has 50 heavy (non-hydrogen) atoms. The Labute approximate surface area is 290 Å². The van der Waals surface area contributed by atoms with Gasteiger partial charge in [-0.1, -0.05) is 133 Å². The monoisotopic (exact) mass is 636 g/mol. The van der Waals surface area contributed by atoms with Gasteiger partial charge in [-0.05, 0) is 93.0 Å². The quantitative estimate of drug-likeness (QED) is 0.188. The normalized spacial score (nSPS) is 11.6. The van der Waals surface area contributed by atoms with Gasteiger partial charge >= 0.3 is 0 Å². The number of aromatic nitrogens is 2. The number of aromatic amines is 2. The summed E-state index contributed by atoms with van der Waals surface area (Å²) in [4.78, 5) is 7.58. The minimum absolute atomic E-state index is 1.14. The highest BCUT2D eigenvalue weighted by atomic mass is 14.7. The first-order valence-corrected chi connectivity index (χ1v) is 17.2. The van der Waals surface area contributed by atoms with Crippen molar-refractivity contribution in [3.63, 3.8) is 0 Å². The third-order valence-corrected chi connectivity index (χ3v) is 10.1. The Morgan fingerprint density at radius 2 is 0.580 bits per heavy atom. The molecule has 10 rings (SSSR count). The fourth-order valence-electron chi connectivity index (χ4n) is 7.64. The van der Waals surface area contributed by atoms with Crippen molar-refractivity contribution in [2.75, 3.05) is 0 Å². The van der Waals surface area contributed by atoms with Crippen LogP contribution in [0.5, 0.6) is 0 Å². The number of hydrogen-bond acceptors (Lipinski definition) is 0. The van der Waals surface area contributed by atoms with E-state index in [9.17, 15) is 0 Å². The fourth-order valence-corrected chi connectivity index (χ4v) is 7.64. The highest BCUT2D eigenvalue weighted by molar-refractivity contribution is 6.16. The van der Waals surface area contributed by atoms with Crippen molar-refractivity contribution >= 4 is 43.6 Å². The van der Waals surface area contributed by atoms with E-state index in [0.717, 1.165) is 22.1 Å². The molecule has 0 aliphatic heterocycles. The summed E-state index contributed by atoms with van der Waals surface area (Å²) in [6.45, 7) is 0. The molecule has 0 saturated carbocycles. The average molecular weight is 637 g/mol. The number of benzene rings is 8. The maximum atomic E-state index is 3.79. The molecule has 2 heterocycles. The molecule has 8 aromatic carbocycles. The van der Waals surface area contributed by atoms with E-state index in [4.69, 9.17) is 0 Å². The van der Waals surface area contributed by atoms with Crippen molar-refractivity contribution < 1.29 is 0 Å². The standard InChI is InChI=1S/C48H32N2/c1-5-13-31(14-6-1)37-27-39(33-17-9-3-10-18-33)47-43(29-37)41-25-35(21-23-45(41)49-47)36-22-24-46-42(26-36)44-30-38(32-15-7-2-8-16-32)28-40(48(44)50-46)34-19-11-4-12-20-34/h1-30,49-50H. The van der Waals surface area contributed by atoms with Crippen LogP contribution in [0.4, 0.5) is 0 Å². The van der Waals surface area contributed by atoms with Crippen LogP contribution in [0.25, 0.3) is 99.2 Å². The highest BCUT2D eigenvalue weighted by Gasteiger charge is 2.16. The molecule has 0 bridgehead atoms. The predicted molar refractivity (Wildman–Crippen MR) is 212 cm³/mol. The number of rotatable bonds is 5. The Morgan fingerprint density at radius 1 is 0.240 bits per heavy atom. The highest BCUT2D eigenvalue weighted by Crippen LogP contribution is 2.41. The number of hydrogen-bond donors (Lipinski definition) is 2. The van der Waals surface area contributed by atoms with Crippen LogP contribution in [0.15, 0.2) is 182 Å². The van der Waals surface area contributed by atoms with Gasteiger partial charge in [-0.3, -0.25) is 0 Å². The minimum Gasteiger partial charge on any atom is -0.354 e. The van der Waals surface area contributed by atoms with Crippen molar-refractivity contribution in [3.05, 3.63) is 182 Å². The summed E-state index contributed by atoms with van der Waals surface area (Å²) in [6.07, 6.45) is 0. The second kappa shape index (κ2) is 11.5. The molecular formula is C48H32N2. The van der Waals surface area contributed by atoms with E-state index in [1.54, 1.807) is 0 Å². The van der Waals surface area contributed by atoms with E-state index >= 15 is 0 Å². The van der Waals surface area contributed by atoms with E-state index in [-0.39, 0.29) is 0 Å². The van der Waals surface area contributed by atoms with Gasteiger partial charge in [-0.2, -0.15) is 0 Å². The molecule has 0 amide bonds. The van der Waals surface area contributed by atoms with Gasteiger partial charge in [0.2, 0.25) is 0 Å². The van der Waals surface area contributed by atoms with E-state index < -0.39 is 0 Å². The zero-order valence-corrected chi connectivity index (χ0v) is 27.3. The van der Waals surface area contributed by atoms with Crippen LogP contribution in [0.1, 0.15) is 0 Å². The Kier molecular flexibility index (Phi) is 6.53. The van der Waals surface area contributed by atoms with E-state index in [2.05, 4.69) is 192 Å². The molecule has 2 heteroatoms. The molecule has 0 spiro atoms. The molecule has 0 saturated heterocycles. The lowest BCUT2D eigenvalue weighted by Crippen LogP contribution is -1.84. The Bertz CT molecular complexity index is 2630. The molecule has 0 radical (unpaired) electrons. The number of H-pyrrole nitrogens is 2. The van der Waals surface area contributed by atoms with E-state index in [0.29, 0.717) is 0 Å². The SMILES string of the molecule is c1ccc(-c2cc(-c3ccccc3)c3[nH]c4ccc(-c5ccc6[nH]c7c(-c8ccccc8)cc(-c8ccccc8)cc7c6c5)cc4c3c2)cc1. The zero-order chi connectivity index (χ0) is 33.0. The molecular weight excluding hydrogens is 605 g/mol. The maximum Gasteiger partial charge on any atom is 0.0544 e. The number of fused-ring (bicyclic) bond motifs is 6. The third kappa shape index (κ3) is 4.73. The second-order valence-electron chi connectivity index (χ2n) is 13.1. The van der Waals surface area contributed by atoms with E-state index in [1.807, 2.05) is 0 Å². The summed E-state index contributed by atoms with van der Waals surface area (Å²) < 4.78 is 0. The van der Waals surface area contributed by atoms with Crippen molar-refractivity contribution in [1.82, 2.24) is 9.97 Å². The second-order valence-corrected chi connectivity index (χ2v) is 13.1. The fraction of sp³-hybridized carbons (Fsp3) is 0. The van der Waals surface area contributed by atoms with Gasteiger partial charge in [0.25, 0.3) is 0 Å². The van der Waals surface area contributed by atoms with Gasteiger partial charge in [0.1, 0.15) is 0 Å². The first kappa shape index (κ1) is 28.4. The van der Waals surface area contributed by atoms with Crippen LogP contribution in [-0.2, 0) is 0 Å². The molecule has 0 aliphatic rings. The molecule has 0 aliphatic carbocycles. The van der Waals surface area contributed by atoms with Gasteiger partial charge in [-0.15, -0.1) is 0 Å². The van der Waals surface area contributed by atoms with Crippen LogP contribution in [-0.4, -0.2) is 9.97 Å². The van der Waals surface area contributed by atoms with Crippen molar-refractivity contribution in [3.8, 4) is 55.6 Å². The summed E-state index contributed by atoms with van der Waals surface area (Å²) in [7, 11) is 0. The van der Waals surface area contributed by atoms with Crippen LogP contribution >= 0.6 is 0 Å². The van der Waals surface area contributed by atoms with Crippen LogP contribution in [0.2, 0.25) is 0 Å². The lowest BCUT2D eigenvalue weighted by atomic mass is 9.94. The molecule has 2 nitrogen and oxygen atoms in total. The lowest BCUT2D eigenvalue weighted by molar-refractivity contribution is 1.52. The summed E-state index contributed by atoms with van der Waals surface area (Å²) in [5, 5.41) is 4.92. The van der Waals surface area contributed by atoms with Gasteiger partial charge in [-0.25, -0.2) is 0 Å². The van der Waals surface area contributed by atoms with Gasteiger partial charge in [0, 0.05) is 43.7 Å². The zero-order valence-electron chi connectivity index (χ0n) is 27.3. The van der Waals surface area contributed by atoms with Crippen LogP contribution in [0.3, 0.4) is 0 Å². The minimum atomic E-state index is 1.14. The first-order valence-electron chi connectivity index (χ1n) is 17.2. The molecule has 0 fully saturated rings. The predicted octanol–water partition coefficient (Wildman–Crippen LogP) is 13.3. The van der Waals surface area contributed by atoms with E-state index in [1.165, 1.54) is 77.2 Å². The molecule has 0 unspecified atom stereocenters. The van der Waals surface area contributed by atoms with Crippen molar-refractivity contribution in [2.24, 2.45) is 0 Å². The van der Waals surface area contributed by atoms with Crippen molar-refractivity contribution in [1.29, 1.82) is 0 Å². The topological polar surface area (TPSA) is 31.6 Å². The smallest absolute Gasteiger partial charge is 0.0544 e. The Morgan fingerprint density at radius 3 is 0.960 bits per heavy atom. The molecule has 10 aromatic rings. The Balaban J connectivity index is 1.17. The number of nitrogens with one attached hydrogen (secondary N) is 2. The summed E-state index contributed by atoms with van der Waals surface area (Å²) in [5.41, 5.74) is 16.7. The summed E-state index contributed by atoms with van der Waals surface area (Å²) >= 11 is 0.